The molecule has 1 aromatic carbocycles. The average Bonchev–Trinajstić information content (AvgIpc) is 3.44. The van der Waals surface area contributed by atoms with E-state index in [1.807, 2.05) is 53.9 Å². The summed E-state index contributed by atoms with van der Waals surface area (Å²) in [7, 11) is 0. The lowest BCUT2D eigenvalue weighted by Gasteiger charge is -2.03. The molecule has 0 aliphatic heterocycles. The van der Waals surface area contributed by atoms with Gasteiger partial charge in [0.15, 0.2) is 0 Å². The summed E-state index contributed by atoms with van der Waals surface area (Å²) in [6.07, 6.45) is 11.3. The number of nitrogens with zero attached hydrogens (tertiary/aromatic N) is 2. The van der Waals surface area contributed by atoms with Crippen molar-refractivity contribution >= 4 is 0 Å². The smallest absolute Gasteiger partial charge is 0.0921 e. The number of aromatic amines is 2. The number of imidazole rings is 2. The molecule has 3 rings (SSSR count). The Balaban J connectivity index is 0.000000948. The molecule has 2 heterocycles. The third kappa shape index (κ3) is 9.21. The molecule has 0 atom stereocenters. The fourth-order valence-electron chi connectivity index (χ4n) is 2.27. The summed E-state index contributed by atoms with van der Waals surface area (Å²) in [5.41, 5.74) is 5.11. The standard InChI is InChI=1S/C16H18N4.3C2H6/c1-2-14(6-8-16-10-18-12-20-16)4-3-13(1)5-7-15-9-17-11-19-15;3*1-2/h1-4,9-12H,5-8H2,(H,17,19)(H,18,20);3*1-2H3. The van der Waals surface area contributed by atoms with Crippen molar-refractivity contribution in [2.24, 2.45) is 0 Å². The van der Waals surface area contributed by atoms with Crippen molar-refractivity contribution in [1.82, 2.24) is 19.9 Å². The zero-order valence-electron chi connectivity index (χ0n) is 17.3. The Bertz CT molecular complexity index is 553. The molecule has 0 fully saturated rings. The van der Waals surface area contributed by atoms with Crippen LogP contribution in [0.25, 0.3) is 0 Å². The maximum Gasteiger partial charge on any atom is 0.0921 e. The molecule has 0 radical (unpaired) electrons. The molecular weight excluding hydrogens is 320 g/mol. The van der Waals surface area contributed by atoms with E-state index < -0.39 is 0 Å². The van der Waals surface area contributed by atoms with Gasteiger partial charge in [-0.05, 0) is 36.8 Å². The molecule has 3 aromatic rings. The monoisotopic (exact) mass is 356 g/mol. The summed E-state index contributed by atoms with van der Waals surface area (Å²) in [6, 6.07) is 8.88. The zero-order valence-corrected chi connectivity index (χ0v) is 17.3. The van der Waals surface area contributed by atoms with Gasteiger partial charge in [-0.2, -0.15) is 0 Å². The number of H-pyrrole nitrogens is 2. The summed E-state index contributed by atoms with van der Waals surface area (Å²) in [6.45, 7) is 12.0. The molecule has 0 aliphatic rings. The second-order valence-electron chi connectivity index (χ2n) is 4.97. The van der Waals surface area contributed by atoms with Gasteiger partial charge >= 0.3 is 0 Å². The van der Waals surface area contributed by atoms with E-state index in [2.05, 4.69) is 44.2 Å². The lowest BCUT2D eigenvalue weighted by molar-refractivity contribution is 0.909. The first kappa shape index (κ1) is 23.6. The molecule has 2 aromatic heterocycles. The van der Waals surface area contributed by atoms with Crippen molar-refractivity contribution < 1.29 is 0 Å². The number of aryl methyl sites for hydroxylation is 4. The molecule has 0 saturated carbocycles. The first-order chi connectivity index (χ1) is 12.9. The Morgan fingerprint density at radius 3 is 1.19 bits per heavy atom. The zero-order chi connectivity index (χ0) is 19.6. The largest absolute Gasteiger partial charge is 0.348 e. The maximum absolute atomic E-state index is 4.03. The van der Waals surface area contributed by atoms with Gasteiger partial charge in [0.1, 0.15) is 0 Å². The molecule has 0 amide bonds. The first-order valence-electron chi connectivity index (χ1n) is 9.92. The minimum atomic E-state index is 1.01. The van der Waals surface area contributed by atoms with E-state index in [-0.39, 0.29) is 0 Å². The van der Waals surface area contributed by atoms with Gasteiger partial charge in [-0.1, -0.05) is 65.8 Å². The van der Waals surface area contributed by atoms with Crippen LogP contribution in [0.2, 0.25) is 0 Å². The van der Waals surface area contributed by atoms with E-state index in [9.17, 15) is 0 Å². The lowest BCUT2D eigenvalue weighted by atomic mass is 10.0. The molecule has 4 nitrogen and oxygen atoms in total. The van der Waals surface area contributed by atoms with E-state index >= 15 is 0 Å². The molecular formula is C22H36N4. The van der Waals surface area contributed by atoms with Crippen molar-refractivity contribution in [2.75, 3.05) is 0 Å². The van der Waals surface area contributed by atoms with Gasteiger partial charge in [-0.3, -0.25) is 0 Å². The Hall–Kier alpha value is -2.36. The van der Waals surface area contributed by atoms with Crippen molar-refractivity contribution in [3.63, 3.8) is 0 Å². The third-order valence-corrected chi connectivity index (χ3v) is 3.50. The fourth-order valence-corrected chi connectivity index (χ4v) is 2.27. The molecule has 0 aliphatic carbocycles. The van der Waals surface area contributed by atoms with E-state index in [1.165, 1.54) is 22.5 Å². The van der Waals surface area contributed by atoms with Crippen LogP contribution >= 0.6 is 0 Å². The Labute approximate surface area is 159 Å². The minimum Gasteiger partial charge on any atom is -0.348 e. The van der Waals surface area contributed by atoms with E-state index in [0.29, 0.717) is 0 Å². The Morgan fingerprint density at radius 2 is 0.923 bits per heavy atom. The number of hydrogen-bond acceptors (Lipinski definition) is 2. The van der Waals surface area contributed by atoms with E-state index in [1.54, 1.807) is 12.7 Å². The summed E-state index contributed by atoms with van der Waals surface area (Å²) in [4.78, 5) is 14.3. The lowest BCUT2D eigenvalue weighted by Crippen LogP contribution is -1.94. The van der Waals surface area contributed by atoms with Crippen molar-refractivity contribution in [3.8, 4) is 0 Å². The molecule has 4 heteroatoms. The number of hydrogen-bond donors (Lipinski definition) is 2. The van der Waals surface area contributed by atoms with Crippen LogP contribution in [0.15, 0.2) is 49.3 Å². The van der Waals surface area contributed by atoms with Gasteiger partial charge in [-0.15, -0.1) is 0 Å². The van der Waals surface area contributed by atoms with Crippen LogP contribution in [0.1, 0.15) is 64.1 Å². The second kappa shape index (κ2) is 16.1. The minimum absolute atomic E-state index is 1.01. The van der Waals surface area contributed by atoms with Crippen molar-refractivity contribution in [3.05, 3.63) is 71.8 Å². The Kier molecular flexibility index (Phi) is 14.7. The quantitative estimate of drug-likeness (QED) is 0.588. The summed E-state index contributed by atoms with van der Waals surface area (Å²) < 4.78 is 0. The van der Waals surface area contributed by atoms with Gasteiger partial charge in [0, 0.05) is 23.8 Å². The highest BCUT2D eigenvalue weighted by atomic mass is 14.9. The predicted octanol–water partition coefficient (Wildman–Crippen LogP) is 5.78. The van der Waals surface area contributed by atoms with E-state index in [4.69, 9.17) is 0 Å². The normalized spacial score (nSPS) is 9.00. The predicted molar refractivity (Wildman–Crippen MR) is 112 cm³/mol. The van der Waals surface area contributed by atoms with Crippen LogP contribution in [0.3, 0.4) is 0 Å². The van der Waals surface area contributed by atoms with Crippen molar-refractivity contribution in [1.29, 1.82) is 0 Å². The molecule has 0 bridgehead atoms. The number of rotatable bonds is 6. The van der Waals surface area contributed by atoms with Crippen LogP contribution in [0.4, 0.5) is 0 Å². The molecule has 144 valence electrons. The Morgan fingerprint density at radius 1 is 0.577 bits per heavy atom. The third-order valence-electron chi connectivity index (χ3n) is 3.50. The van der Waals surface area contributed by atoms with Gasteiger partial charge in [0.2, 0.25) is 0 Å². The average molecular weight is 357 g/mol. The fraction of sp³-hybridized carbons (Fsp3) is 0.455. The molecule has 0 saturated heterocycles. The summed E-state index contributed by atoms with van der Waals surface area (Å²) in [5.74, 6) is 0. The molecule has 0 spiro atoms. The van der Waals surface area contributed by atoms with Gasteiger partial charge in [0.05, 0.1) is 12.7 Å². The SMILES string of the molecule is CC.CC.CC.c1ncc(CCc2ccc(CCc3cnc[nH]3)cc2)[nH]1. The highest BCUT2D eigenvalue weighted by Gasteiger charge is 1.99. The summed E-state index contributed by atoms with van der Waals surface area (Å²) in [5, 5.41) is 0. The van der Waals surface area contributed by atoms with Crippen LogP contribution in [0.5, 0.6) is 0 Å². The summed E-state index contributed by atoms with van der Waals surface area (Å²) >= 11 is 0. The van der Waals surface area contributed by atoms with Crippen molar-refractivity contribution in [2.45, 2.75) is 67.2 Å². The van der Waals surface area contributed by atoms with Crippen LogP contribution in [0, 0.1) is 0 Å². The first-order valence-corrected chi connectivity index (χ1v) is 9.92. The highest BCUT2D eigenvalue weighted by Crippen LogP contribution is 2.10. The number of nitrogens with one attached hydrogen (secondary N) is 2. The maximum atomic E-state index is 4.03. The number of aromatic nitrogens is 4. The van der Waals surface area contributed by atoms with Gasteiger partial charge < -0.3 is 9.97 Å². The van der Waals surface area contributed by atoms with E-state index in [0.717, 1.165) is 25.7 Å². The van der Waals surface area contributed by atoms with Gasteiger partial charge in [-0.25, -0.2) is 9.97 Å². The van der Waals surface area contributed by atoms with Gasteiger partial charge in [0.25, 0.3) is 0 Å². The molecule has 2 N–H and O–H groups in total. The van der Waals surface area contributed by atoms with Crippen LogP contribution in [-0.2, 0) is 25.7 Å². The topological polar surface area (TPSA) is 57.4 Å². The van der Waals surface area contributed by atoms with Crippen LogP contribution < -0.4 is 0 Å². The highest BCUT2D eigenvalue weighted by molar-refractivity contribution is 5.24. The van der Waals surface area contributed by atoms with Crippen LogP contribution in [-0.4, -0.2) is 19.9 Å². The number of benzene rings is 1. The molecule has 26 heavy (non-hydrogen) atoms. The molecule has 0 unspecified atom stereocenters. The second-order valence-corrected chi connectivity index (χ2v) is 4.97.